The Balaban J connectivity index is 2.37. The first-order chi connectivity index (χ1) is 12.8. The van der Waals surface area contributed by atoms with Gasteiger partial charge in [0.25, 0.3) is 5.91 Å². The zero-order valence-corrected chi connectivity index (χ0v) is 14.3. The number of rotatable bonds is 3. The van der Waals surface area contributed by atoms with Crippen molar-refractivity contribution < 1.29 is 18.0 Å². The van der Waals surface area contributed by atoms with Crippen LogP contribution in [0.1, 0.15) is 16.7 Å². The Hall–Kier alpha value is -3.53. The molecule has 0 unspecified atom stereocenters. The molecule has 4 nitrogen and oxygen atoms in total. The van der Waals surface area contributed by atoms with Crippen molar-refractivity contribution in [1.29, 1.82) is 0 Å². The highest BCUT2D eigenvalue weighted by Crippen LogP contribution is 2.35. The van der Waals surface area contributed by atoms with Crippen molar-refractivity contribution in [1.82, 2.24) is 0 Å². The van der Waals surface area contributed by atoms with Crippen molar-refractivity contribution in [3.63, 3.8) is 0 Å². The van der Waals surface area contributed by atoms with Crippen LogP contribution in [0.3, 0.4) is 0 Å². The van der Waals surface area contributed by atoms with Gasteiger partial charge < -0.3 is 11.1 Å². The van der Waals surface area contributed by atoms with Gasteiger partial charge >= 0.3 is 6.18 Å². The lowest BCUT2D eigenvalue weighted by Crippen LogP contribution is -2.23. The average Bonchev–Trinajstić information content (AvgIpc) is 2.65. The molecule has 0 saturated heterocycles. The molecule has 138 valence electrons. The Labute approximate surface area is 154 Å². The molecule has 0 saturated carbocycles. The number of aliphatic imine (C=N–C) groups is 1. The van der Waals surface area contributed by atoms with Gasteiger partial charge in [-0.2, -0.15) is 13.2 Å². The van der Waals surface area contributed by atoms with Crippen LogP contribution < -0.4 is 11.1 Å². The molecule has 1 amide bonds. The summed E-state index contributed by atoms with van der Waals surface area (Å²) in [5, 5.41) is 2.21. The SMILES string of the molecule is CN=C(C=CN)C(=O)Nc1ccc(C#Cc2ccccc2)cc1C(F)(F)F. The topological polar surface area (TPSA) is 67.5 Å². The molecule has 0 fully saturated rings. The van der Waals surface area contributed by atoms with E-state index in [1.807, 2.05) is 6.07 Å². The quantitative estimate of drug-likeness (QED) is 0.640. The first-order valence-electron chi connectivity index (χ1n) is 7.80. The molecule has 2 rings (SSSR count). The second-order valence-corrected chi connectivity index (χ2v) is 5.30. The maximum Gasteiger partial charge on any atom is 0.418 e. The number of hydrogen-bond donors (Lipinski definition) is 2. The van der Waals surface area contributed by atoms with E-state index in [2.05, 4.69) is 22.2 Å². The highest BCUT2D eigenvalue weighted by atomic mass is 19.4. The van der Waals surface area contributed by atoms with Crippen molar-refractivity contribution in [2.75, 3.05) is 12.4 Å². The summed E-state index contributed by atoms with van der Waals surface area (Å²) in [6.07, 6.45) is -2.39. The zero-order chi connectivity index (χ0) is 19.9. The monoisotopic (exact) mass is 371 g/mol. The molecule has 3 N–H and O–H groups in total. The van der Waals surface area contributed by atoms with Gasteiger partial charge in [-0.25, -0.2) is 0 Å². The van der Waals surface area contributed by atoms with Crippen LogP contribution in [0.25, 0.3) is 0 Å². The number of carbonyl (C=O) groups excluding carboxylic acids is 1. The summed E-state index contributed by atoms with van der Waals surface area (Å²) in [6.45, 7) is 0. The lowest BCUT2D eigenvalue weighted by Gasteiger charge is -2.14. The van der Waals surface area contributed by atoms with Gasteiger partial charge in [0.2, 0.25) is 0 Å². The predicted octanol–water partition coefficient (Wildman–Crippen LogP) is 3.59. The predicted molar refractivity (Wildman–Crippen MR) is 99.2 cm³/mol. The second-order valence-electron chi connectivity index (χ2n) is 5.30. The molecular weight excluding hydrogens is 355 g/mol. The van der Waals surface area contributed by atoms with Gasteiger partial charge in [-0.1, -0.05) is 30.0 Å². The fraction of sp³-hybridized carbons (Fsp3) is 0.100. The van der Waals surface area contributed by atoms with Crippen LogP contribution >= 0.6 is 0 Å². The van der Waals surface area contributed by atoms with Gasteiger partial charge in [0, 0.05) is 18.2 Å². The van der Waals surface area contributed by atoms with E-state index in [4.69, 9.17) is 5.73 Å². The van der Waals surface area contributed by atoms with Crippen LogP contribution in [0.15, 0.2) is 65.8 Å². The summed E-state index contributed by atoms with van der Waals surface area (Å²) in [4.78, 5) is 15.7. The van der Waals surface area contributed by atoms with Gasteiger partial charge in [0.05, 0.1) is 11.3 Å². The summed E-state index contributed by atoms with van der Waals surface area (Å²) < 4.78 is 40.2. The summed E-state index contributed by atoms with van der Waals surface area (Å²) in [5.74, 6) is 4.69. The highest BCUT2D eigenvalue weighted by Gasteiger charge is 2.34. The molecule has 2 aromatic carbocycles. The summed E-state index contributed by atoms with van der Waals surface area (Å²) in [7, 11) is 1.34. The first kappa shape index (κ1) is 19.8. The normalized spacial score (nSPS) is 11.8. The number of nitrogens with zero attached hydrogens (tertiary/aromatic N) is 1. The fourth-order valence-corrected chi connectivity index (χ4v) is 2.16. The molecule has 0 aliphatic carbocycles. The number of amides is 1. The standard InChI is InChI=1S/C20H16F3N3O/c1-25-18(11-12-24)19(27)26-17-10-9-15(13-16(17)20(21,22)23)8-7-14-5-3-2-4-6-14/h2-6,9-13H,24H2,1H3,(H,26,27). The molecular formula is C20H16F3N3O. The number of carbonyl (C=O) groups is 1. The zero-order valence-electron chi connectivity index (χ0n) is 14.3. The Morgan fingerprint density at radius 3 is 2.37 bits per heavy atom. The number of nitrogens with one attached hydrogen (secondary N) is 1. The minimum atomic E-state index is -4.67. The lowest BCUT2D eigenvalue weighted by atomic mass is 10.1. The molecule has 0 spiro atoms. The molecule has 0 aliphatic heterocycles. The molecule has 0 radical (unpaired) electrons. The van der Waals surface area contributed by atoms with Gasteiger partial charge in [-0.15, -0.1) is 0 Å². The Bertz CT molecular complexity index is 936. The maximum absolute atomic E-state index is 13.4. The van der Waals surface area contributed by atoms with E-state index in [9.17, 15) is 18.0 Å². The molecule has 0 heterocycles. The smallest absolute Gasteiger partial charge is 0.405 e. The number of alkyl halides is 3. The van der Waals surface area contributed by atoms with E-state index in [0.29, 0.717) is 5.56 Å². The number of benzene rings is 2. The van der Waals surface area contributed by atoms with E-state index in [1.54, 1.807) is 24.3 Å². The van der Waals surface area contributed by atoms with Crippen molar-refractivity contribution in [2.45, 2.75) is 6.18 Å². The van der Waals surface area contributed by atoms with E-state index in [0.717, 1.165) is 18.3 Å². The van der Waals surface area contributed by atoms with Crippen molar-refractivity contribution in [3.8, 4) is 11.8 Å². The van der Waals surface area contributed by atoms with Gasteiger partial charge in [0.15, 0.2) is 0 Å². The van der Waals surface area contributed by atoms with Crippen molar-refractivity contribution >= 4 is 17.3 Å². The van der Waals surface area contributed by atoms with Crippen LogP contribution in [0.5, 0.6) is 0 Å². The number of hydrogen-bond acceptors (Lipinski definition) is 3. The van der Waals surface area contributed by atoms with Crippen molar-refractivity contribution in [3.05, 3.63) is 77.5 Å². The number of anilines is 1. The van der Waals surface area contributed by atoms with Crippen LogP contribution in [-0.2, 0) is 11.0 Å². The summed E-state index contributed by atoms with van der Waals surface area (Å²) in [6, 6.07) is 12.4. The highest BCUT2D eigenvalue weighted by molar-refractivity contribution is 6.47. The molecule has 27 heavy (non-hydrogen) atoms. The third-order valence-electron chi connectivity index (χ3n) is 3.43. The third-order valence-corrected chi connectivity index (χ3v) is 3.43. The minimum Gasteiger partial charge on any atom is -0.405 e. The Morgan fingerprint density at radius 1 is 1.11 bits per heavy atom. The lowest BCUT2D eigenvalue weighted by molar-refractivity contribution is -0.137. The van der Waals surface area contributed by atoms with Gasteiger partial charge in [0.1, 0.15) is 5.71 Å². The van der Waals surface area contributed by atoms with E-state index >= 15 is 0 Å². The Morgan fingerprint density at radius 2 is 1.78 bits per heavy atom. The molecule has 0 aromatic heterocycles. The minimum absolute atomic E-state index is 0.0985. The number of halogens is 3. The van der Waals surface area contributed by atoms with Gasteiger partial charge in [-0.05, 0) is 42.6 Å². The first-order valence-corrected chi connectivity index (χ1v) is 7.80. The summed E-state index contributed by atoms with van der Waals surface area (Å²) >= 11 is 0. The third kappa shape index (κ3) is 5.47. The number of nitrogens with two attached hydrogens (primary N) is 1. The van der Waals surface area contributed by atoms with Crippen LogP contribution in [-0.4, -0.2) is 18.7 Å². The van der Waals surface area contributed by atoms with Crippen LogP contribution in [0.4, 0.5) is 18.9 Å². The second kappa shape index (κ2) is 8.72. The summed E-state index contributed by atoms with van der Waals surface area (Å²) in [5.41, 5.74) is 4.58. The van der Waals surface area contributed by atoms with E-state index < -0.39 is 17.6 Å². The molecule has 0 aliphatic rings. The molecule has 2 aromatic rings. The van der Waals surface area contributed by atoms with E-state index in [1.165, 1.54) is 19.2 Å². The van der Waals surface area contributed by atoms with Gasteiger partial charge in [-0.3, -0.25) is 9.79 Å². The largest absolute Gasteiger partial charge is 0.418 e. The van der Waals surface area contributed by atoms with Crippen LogP contribution in [0.2, 0.25) is 0 Å². The molecule has 0 atom stereocenters. The van der Waals surface area contributed by atoms with E-state index in [-0.39, 0.29) is 17.0 Å². The molecule has 7 heteroatoms. The van der Waals surface area contributed by atoms with Crippen molar-refractivity contribution in [2.24, 2.45) is 10.7 Å². The maximum atomic E-state index is 13.4. The Kier molecular flexibility index (Phi) is 6.39. The fourth-order valence-electron chi connectivity index (χ4n) is 2.16. The molecule has 0 bridgehead atoms. The average molecular weight is 371 g/mol. The van der Waals surface area contributed by atoms with Crippen LogP contribution in [0, 0.1) is 11.8 Å².